The van der Waals surface area contributed by atoms with Crippen molar-refractivity contribution in [2.75, 3.05) is 6.61 Å². The van der Waals surface area contributed by atoms with E-state index in [9.17, 15) is 0 Å². The summed E-state index contributed by atoms with van der Waals surface area (Å²) < 4.78 is 0. The Morgan fingerprint density at radius 1 is 0.826 bits per heavy atom. The van der Waals surface area contributed by atoms with E-state index in [4.69, 9.17) is 16.6 Å². The predicted octanol–water partition coefficient (Wildman–Crippen LogP) is 2.64. The highest BCUT2D eigenvalue weighted by molar-refractivity contribution is 5.02. The molecule has 0 spiro atoms. The van der Waals surface area contributed by atoms with Gasteiger partial charge in [0.2, 0.25) is 0 Å². The summed E-state index contributed by atoms with van der Waals surface area (Å²) in [5.74, 6) is 0. The number of unbranched alkanes of at least 4 members (excludes halogenated alkanes) is 3. The number of aliphatic hydroxyl groups excluding tert-OH is 1. The lowest BCUT2D eigenvalue weighted by atomic mass is 10.2. The van der Waals surface area contributed by atoms with Crippen LogP contribution in [0.1, 0.15) is 44.0 Å². The fourth-order valence-electron chi connectivity index (χ4n) is 1.58. The van der Waals surface area contributed by atoms with Crippen LogP contribution in [0, 0.1) is 0 Å². The van der Waals surface area contributed by atoms with Crippen LogP contribution in [0.25, 0.3) is 0 Å². The third kappa shape index (κ3) is 13.6. The van der Waals surface area contributed by atoms with Crippen molar-refractivity contribution in [1.82, 2.24) is 9.97 Å². The molecule has 128 valence electrons. The van der Waals surface area contributed by atoms with Gasteiger partial charge in [-0.1, -0.05) is 38.3 Å². The Bertz CT molecular complexity index is 408. The zero-order valence-corrected chi connectivity index (χ0v) is 14.1. The van der Waals surface area contributed by atoms with Crippen LogP contribution in [0.4, 0.5) is 0 Å². The number of nitrogens with zero attached hydrogens (tertiary/aromatic N) is 2. The highest BCUT2D eigenvalue weighted by Crippen LogP contribution is 1.96. The molecule has 0 saturated carbocycles. The summed E-state index contributed by atoms with van der Waals surface area (Å²) in [6.07, 6.45) is 8.16. The number of hydrogen-bond acceptors (Lipinski definition) is 5. The zero-order chi connectivity index (χ0) is 17.2. The second-order valence-electron chi connectivity index (χ2n) is 4.83. The number of aliphatic hydroxyl groups is 1. The van der Waals surface area contributed by atoms with Crippen LogP contribution in [0.2, 0.25) is 0 Å². The number of rotatable bonds is 6. The Balaban J connectivity index is 0.000000317. The third-order valence-electron chi connectivity index (χ3n) is 2.88. The molecular formula is C18H30N4O. The molecule has 2 heterocycles. The molecule has 0 aliphatic heterocycles. The van der Waals surface area contributed by atoms with Gasteiger partial charge in [-0.2, -0.15) is 0 Å². The molecule has 5 heteroatoms. The Labute approximate surface area is 139 Å². The largest absolute Gasteiger partial charge is 0.396 e. The van der Waals surface area contributed by atoms with Crippen molar-refractivity contribution >= 4 is 0 Å². The van der Waals surface area contributed by atoms with Crippen molar-refractivity contribution in [3.63, 3.8) is 0 Å². The van der Waals surface area contributed by atoms with E-state index in [0.29, 0.717) is 19.7 Å². The van der Waals surface area contributed by atoms with Crippen LogP contribution in [0.15, 0.2) is 48.8 Å². The van der Waals surface area contributed by atoms with Crippen LogP contribution >= 0.6 is 0 Å². The molecule has 2 rings (SSSR count). The Morgan fingerprint density at radius 3 is 1.61 bits per heavy atom. The molecule has 5 nitrogen and oxygen atoms in total. The molecule has 5 N–H and O–H groups in total. The minimum atomic E-state index is 0.361. The van der Waals surface area contributed by atoms with E-state index in [1.54, 1.807) is 12.4 Å². The van der Waals surface area contributed by atoms with Crippen LogP contribution in [0.3, 0.4) is 0 Å². The van der Waals surface area contributed by atoms with Crippen molar-refractivity contribution in [2.45, 2.75) is 45.7 Å². The maximum absolute atomic E-state index is 8.29. The molecule has 0 fully saturated rings. The average Bonchev–Trinajstić information content (AvgIpc) is 2.64. The first-order valence-electron chi connectivity index (χ1n) is 8.09. The fraction of sp³-hybridized carbons (Fsp3) is 0.444. The maximum atomic E-state index is 8.29. The lowest BCUT2D eigenvalue weighted by Crippen LogP contribution is -1.97. The van der Waals surface area contributed by atoms with E-state index in [1.807, 2.05) is 36.4 Å². The maximum Gasteiger partial charge on any atom is 0.0539 e. The molecule has 23 heavy (non-hydrogen) atoms. The van der Waals surface area contributed by atoms with E-state index in [1.165, 1.54) is 19.3 Å². The van der Waals surface area contributed by atoms with E-state index >= 15 is 0 Å². The number of aromatic nitrogens is 2. The highest BCUT2D eigenvalue weighted by Gasteiger charge is 1.82. The topological polar surface area (TPSA) is 98.0 Å². The van der Waals surface area contributed by atoms with Crippen LogP contribution in [0.5, 0.6) is 0 Å². The molecule has 0 bridgehead atoms. The Kier molecular flexibility index (Phi) is 15.2. The first-order chi connectivity index (χ1) is 11.3. The standard InChI is InChI=1S/2C6H8N2.C6H14O/c2*7-5-6-3-1-2-4-8-6;1-2-3-4-5-6-7/h2*1-4H,5,7H2;7H,2-6H2,1H3. The Hall–Kier alpha value is -1.82. The van der Waals surface area contributed by atoms with Gasteiger partial charge in [-0.05, 0) is 30.7 Å². The number of nitrogens with two attached hydrogens (primary N) is 2. The molecule has 0 radical (unpaired) electrons. The van der Waals surface area contributed by atoms with Gasteiger partial charge >= 0.3 is 0 Å². The van der Waals surface area contributed by atoms with Gasteiger partial charge in [0.15, 0.2) is 0 Å². The minimum Gasteiger partial charge on any atom is -0.396 e. The highest BCUT2D eigenvalue weighted by atomic mass is 16.2. The van der Waals surface area contributed by atoms with Gasteiger partial charge in [-0.25, -0.2) is 0 Å². The van der Waals surface area contributed by atoms with Gasteiger partial charge in [-0.3, -0.25) is 9.97 Å². The lowest BCUT2D eigenvalue weighted by molar-refractivity contribution is 0.283. The lowest BCUT2D eigenvalue weighted by Gasteiger charge is -1.90. The smallest absolute Gasteiger partial charge is 0.0539 e. The monoisotopic (exact) mass is 318 g/mol. The van der Waals surface area contributed by atoms with E-state index in [2.05, 4.69) is 16.9 Å². The number of hydrogen-bond donors (Lipinski definition) is 3. The summed E-state index contributed by atoms with van der Waals surface area (Å²) in [6, 6.07) is 11.4. The average molecular weight is 318 g/mol. The van der Waals surface area contributed by atoms with E-state index in [-0.39, 0.29) is 0 Å². The van der Waals surface area contributed by atoms with Gasteiger partial charge < -0.3 is 16.6 Å². The van der Waals surface area contributed by atoms with Gasteiger partial charge in [0.05, 0.1) is 11.4 Å². The quantitative estimate of drug-likeness (QED) is 0.711. The molecule has 0 amide bonds. The molecular weight excluding hydrogens is 288 g/mol. The third-order valence-corrected chi connectivity index (χ3v) is 2.88. The summed E-state index contributed by atoms with van der Waals surface area (Å²) in [6.45, 7) is 3.58. The molecule has 2 aromatic heterocycles. The summed E-state index contributed by atoms with van der Waals surface area (Å²) in [7, 11) is 0. The normalized spacial score (nSPS) is 9.22. The van der Waals surface area contributed by atoms with Gasteiger partial charge in [0.1, 0.15) is 0 Å². The van der Waals surface area contributed by atoms with Crippen molar-refractivity contribution in [3.8, 4) is 0 Å². The van der Waals surface area contributed by atoms with Gasteiger partial charge in [-0.15, -0.1) is 0 Å². The van der Waals surface area contributed by atoms with Crippen LogP contribution < -0.4 is 11.5 Å². The summed E-state index contributed by atoms with van der Waals surface area (Å²) in [4.78, 5) is 7.94. The summed E-state index contributed by atoms with van der Waals surface area (Å²) in [5.41, 5.74) is 12.4. The SMILES string of the molecule is CCCCCCO.NCc1ccccn1.NCc1ccccn1. The zero-order valence-electron chi connectivity index (χ0n) is 14.1. The second-order valence-corrected chi connectivity index (χ2v) is 4.83. The van der Waals surface area contributed by atoms with Gasteiger partial charge in [0.25, 0.3) is 0 Å². The minimum absolute atomic E-state index is 0.361. The molecule has 0 aromatic carbocycles. The summed E-state index contributed by atoms with van der Waals surface area (Å²) >= 11 is 0. The van der Waals surface area contributed by atoms with E-state index in [0.717, 1.165) is 17.8 Å². The van der Waals surface area contributed by atoms with Crippen LogP contribution in [-0.4, -0.2) is 21.7 Å². The fourth-order valence-corrected chi connectivity index (χ4v) is 1.58. The predicted molar refractivity (Wildman–Crippen MR) is 95.5 cm³/mol. The first kappa shape index (κ1) is 21.2. The van der Waals surface area contributed by atoms with Crippen molar-refractivity contribution < 1.29 is 5.11 Å². The summed E-state index contributed by atoms with van der Waals surface area (Å²) in [5, 5.41) is 8.29. The molecule has 0 unspecified atom stereocenters. The van der Waals surface area contributed by atoms with Gasteiger partial charge in [0, 0.05) is 32.1 Å². The van der Waals surface area contributed by atoms with Crippen molar-refractivity contribution in [3.05, 3.63) is 60.2 Å². The molecule has 0 atom stereocenters. The van der Waals surface area contributed by atoms with Crippen molar-refractivity contribution in [1.29, 1.82) is 0 Å². The molecule has 0 saturated heterocycles. The molecule has 0 aliphatic carbocycles. The van der Waals surface area contributed by atoms with Crippen molar-refractivity contribution in [2.24, 2.45) is 11.5 Å². The van der Waals surface area contributed by atoms with Crippen LogP contribution in [-0.2, 0) is 13.1 Å². The number of pyridine rings is 2. The first-order valence-corrected chi connectivity index (χ1v) is 8.09. The Morgan fingerprint density at radius 2 is 1.35 bits per heavy atom. The molecule has 0 aliphatic rings. The molecule has 2 aromatic rings. The second kappa shape index (κ2) is 16.5. The van der Waals surface area contributed by atoms with E-state index < -0.39 is 0 Å².